The maximum absolute atomic E-state index is 6.02. The van der Waals surface area contributed by atoms with E-state index in [1.54, 1.807) is 11.3 Å². The highest BCUT2D eigenvalue weighted by Crippen LogP contribution is 2.27. The van der Waals surface area contributed by atoms with E-state index in [2.05, 4.69) is 50.5 Å². The number of aliphatic imine (C=N–C) groups is 1. The van der Waals surface area contributed by atoms with Crippen LogP contribution in [0.2, 0.25) is 0 Å². The molecule has 7 nitrogen and oxygen atoms in total. The minimum absolute atomic E-state index is 0. The van der Waals surface area contributed by atoms with E-state index >= 15 is 0 Å². The fraction of sp³-hybridized carbons (Fsp3) is 0.350. The minimum atomic E-state index is 0. The van der Waals surface area contributed by atoms with Gasteiger partial charge in [0, 0.05) is 18.3 Å². The Morgan fingerprint density at radius 2 is 2.10 bits per heavy atom. The summed E-state index contributed by atoms with van der Waals surface area (Å²) >= 11 is 1.72. The van der Waals surface area contributed by atoms with Gasteiger partial charge in [-0.15, -0.1) is 45.5 Å². The van der Waals surface area contributed by atoms with Crippen LogP contribution in [0.25, 0.3) is 0 Å². The van der Waals surface area contributed by atoms with Gasteiger partial charge in [0.25, 0.3) is 0 Å². The zero-order chi connectivity index (χ0) is 19.3. The number of aromatic nitrogens is 3. The Bertz CT molecular complexity index is 931. The van der Waals surface area contributed by atoms with Crippen LogP contribution in [0.5, 0.6) is 5.75 Å². The Morgan fingerprint density at radius 1 is 1.24 bits per heavy atom. The molecule has 3 aromatic rings. The molecule has 0 aliphatic carbocycles. The van der Waals surface area contributed by atoms with Crippen LogP contribution in [0.15, 0.2) is 46.8 Å². The molecule has 9 heteroatoms. The zero-order valence-corrected chi connectivity index (χ0v) is 19.6. The molecule has 0 bridgehead atoms. The minimum Gasteiger partial charge on any atom is -0.488 e. The van der Waals surface area contributed by atoms with E-state index in [9.17, 15) is 0 Å². The van der Waals surface area contributed by atoms with E-state index in [-0.39, 0.29) is 30.1 Å². The summed E-state index contributed by atoms with van der Waals surface area (Å²) in [4.78, 5) is 5.96. The molecule has 29 heavy (non-hydrogen) atoms. The summed E-state index contributed by atoms with van der Waals surface area (Å²) in [6.45, 7) is 3.81. The van der Waals surface area contributed by atoms with Crippen LogP contribution in [0.3, 0.4) is 0 Å². The van der Waals surface area contributed by atoms with E-state index in [1.807, 2.05) is 30.7 Å². The fourth-order valence-electron chi connectivity index (χ4n) is 3.08. The van der Waals surface area contributed by atoms with E-state index in [0.717, 1.165) is 36.3 Å². The number of halogens is 1. The molecule has 3 heterocycles. The zero-order valence-electron chi connectivity index (χ0n) is 16.5. The molecule has 1 atom stereocenters. The van der Waals surface area contributed by atoms with Crippen molar-refractivity contribution in [2.75, 3.05) is 6.54 Å². The van der Waals surface area contributed by atoms with Gasteiger partial charge in [-0.25, -0.2) is 4.99 Å². The van der Waals surface area contributed by atoms with Crippen LogP contribution >= 0.6 is 35.3 Å². The number of thiophene rings is 1. The summed E-state index contributed by atoms with van der Waals surface area (Å²) in [5, 5.41) is 17.2. The molecule has 0 spiro atoms. The van der Waals surface area contributed by atoms with Crippen LogP contribution in [0.1, 0.15) is 22.1 Å². The van der Waals surface area contributed by atoms with Crippen molar-refractivity contribution in [3.63, 3.8) is 0 Å². The lowest BCUT2D eigenvalue weighted by Gasteiger charge is -2.16. The van der Waals surface area contributed by atoms with Gasteiger partial charge in [0.1, 0.15) is 24.2 Å². The summed E-state index contributed by atoms with van der Waals surface area (Å²) in [5.74, 6) is 3.44. The summed E-state index contributed by atoms with van der Waals surface area (Å²) in [5.41, 5.74) is 1.26. The van der Waals surface area contributed by atoms with Gasteiger partial charge in [-0.2, -0.15) is 0 Å². The average molecular weight is 524 g/mol. The van der Waals surface area contributed by atoms with Gasteiger partial charge in [0.2, 0.25) is 0 Å². The molecule has 1 aromatic carbocycles. The normalized spacial score (nSPS) is 15.4. The van der Waals surface area contributed by atoms with Gasteiger partial charge in [-0.1, -0.05) is 24.3 Å². The van der Waals surface area contributed by atoms with Gasteiger partial charge in [0.05, 0.1) is 13.1 Å². The number of aryl methyl sites for hydroxylation is 1. The van der Waals surface area contributed by atoms with Crippen LogP contribution in [0, 0.1) is 6.92 Å². The monoisotopic (exact) mass is 524 g/mol. The Morgan fingerprint density at radius 3 is 2.83 bits per heavy atom. The van der Waals surface area contributed by atoms with E-state index in [0.29, 0.717) is 13.1 Å². The van der Waals surface area contributed by atoms with Crippen molar-refractivity contribution in [2.24, 2.45) is 12.0 Å². The molecule has 1 aliphatic rings. The van der Waals surface area contributed by atoms with Gasteiger partial charge in [-0.3, -0.25) is 0 Å². The van der Waals surface area contributed by atoms with Crippen molar-refractivity contribution >= 4 is 41.3 Å². The predicted molar refractivity (Wildman–Crippen MR) is 126 cm³/mol. The van der Waals surface area contributed by atoms with Crippen LogP contribution in [-0.4, -0.2) is 33.4 Å². The molecule has 2 N–H and O–H groups in total. The molecule has 0 radical (unpaired) electrons. The maximum atomic E-state index is 6.02. The summed E-state index contributed by atoms with van der Waals surface area (Å²) in [6, 6.07) is 12.4. The third-order valence-corrected chi connectivity index (χ3v) is 5.66. The third-order valence-electron chi connectivity index (χ3n) is 4.78. The van der Waals surface area contributed by atoms with Crippen LogP contribution in [-0.2, 0) is 26.6 Å². The first-order valence-electron chi connectivity index (χ1n) is 9.33. The number of hydrogen-bond donors (Lipinski definition) is 2. The number of para-hydroxylation sites is 1. The van der Waals surface area contributed by atoms with Crippen LogP contribution < -0.4 is 15.4 Å². The summed E-state index contributed by atoms with van der Waals surface area (Å²) in [6.07, 6.45) is 1.01. The predicted octanol–water partition coefficient (Wildman–Crippen LogP) is 3.04. The van der Waals surface area contributed by atoms with E-state index < -0.39 is 0 Å². The smallest absolute Gasteiger partial charge is 0.192 e. The van der Waals surface area contributed by atoms with Crippen LogP contribution in [0.4, 0.5) is 0 Å². The Balaban J connectivity index is 0.00000240. The van der Waals surface area contributed by atoms with Crippen molar-refractivity contribution in [1.82, 2.24) is 25.4 Å². The molecule has 0 amide bonds. The highest BCUT2D eigenvalue weighted by molar-refractivity contribution is 14.0. The van der Waals surface area contributed by atoms with Gasteiger partial charge < -0.3 is 19.9 Å². The number of ether oxygens (including phenoxy) is 1. The number of fused-ring (bicyclic) bond motifs is 1. The fourth-order valence-corrected chi connectivity index (χ4v) is 3.72. The molecule has 0 fully saturated rings. The lowest BCUT2D eigenvalue weighted by molar-refractivity contribution is 0.235. The Hall–Kier alpha value is -2.14. The first kappa shape index (κ1) is 21.6. The quantitative estimate of drug-likeness (QED) is 0.295. The second kappa shape index (κ2) is 10.1. The largest absolute Gasteiger partial charge is 0.488 e. The van der Waals surface area contributed by atoms with Gasteiger partial charge in [-0.05, 0) is 30.0 Å². The van der Waals surface area contributed by atoms with Gasteiger partial charge >= 0.3 is 0 Å². The SMILES string of the molecule is Cc1nnc(CN=C(NCc2cccs2)NCC2Cc3ccccc3O2)n1C.I. The lowest BCUT2D eigenvalue weighted by atomic mass is 10.1. The molecule has 1 aliphatic heterocycles. The van der Waals surface area contributed by atoms with Crippen molar-refractivity contribution in [2.45, 2.75) is 32.5 Å². The molecule has 2 aromatic heterocycles. The van der Waals surface area contributed by atoms with E-state index in [4.69, 9.17) is 9.73 Å². The first-order chi connectivity index (χ1) is 13.7. The second-order valence-electron chi connectivity index (χ2n) is 6.75. The molecule has 0 saturated heterocycles. The summed E-state index contributed by atoms with van der Waals surface area (Å²) < 4.78 is 7.98. The highest BCUT2D eigenvalue weighted by atomic mass is 127. The number of nitrogens with one attached hydrogen (secondary N) is 2. The highest BCUT2D eigenvalue weighted by Gasteiger charge is 2.22. The Labute approximate surface area is 191 Å². The van der Waals surface area contributed by atoms with Crippen molar-refractivity contribution in [3.05, 3.63) is 63.9 Å². The van der Waals surface area contributed by atoms with Crippen molar-refractivity contribution in [3.8, 4) is 5.75 Å². The molecular weight excluding hydrogens is 499 g/mol. The average Bonchev–Trinajstić information content (AvgIpc) is 3.43. The van der Waals surface area contributed by atoms with Crippen molar-refractivity contribution in [1.29, 1.82) is 0 Å². The number of nitrogens with zero attached hydrogens (tertiary/aromatic N) is 4. The second-order valence-corrected chi connectivity index (χ2v) is 7.79. The maximum Gasteiger partial charge on any atom is 0.192 e. The molecular formula is C20H25IN6OS. The number of guanidine groups is 1. The third kappa shape index (κ3) is 5.47. The molecule has 1 unspecified atom stereocenters. The van der Waals surface area contributed by atoms with E-state index in [1.165, 1.54) is 10.4 Å². The summed E-state index contributed by atoms with van der Waals surface area (Å²) in [7, 11) is 1.95. The first-order valence-corrected chi connectivity index (χ1v) is 10.2. The molecule has 154 valence electrons. The topological polar surface area (TPSA) is 76.4 Å². The molecule has 4 rings (SSSR count). The number of rotatable bonds is 6. The van der Waals surface area contributed by atoms with Crippen molar-refractivity contribution < 1.29 is 4.74 Å². The number of benzene rings is 1. The van der Waals surface area contributed by atoms with Gasteiger partial charge in [0.15, 0.2) is 11.8 Å². The number of hydrogen-bond acceptors (Lipinski definition) is 5. The standard InChI is InChI=1S/C20H24N6OS.HI/c1-14-24-25-19(26(14)2)13-23-20(22-12-17-7-5-9-28-17)21-11-16-10-15-6-3-4-8-18(15)27-16;/h3-9,16H,10-13H2,1-2H3,(H2,21,22,23);1H. The molecule has 0 saturated carbocycles. The Kier molecular flexibility index (Phi) is 7.48. The lowest BCUT2D eigenvalue weighted by Crippen LogP contribution is -2.42.